The van der Waals surface area contributed by atoms with Gasteiger partial charge in [0.2, 0.25) is 6.29 Å². The molecule has 0 aromatic heterocycles. The lowest BCUT2D eigenvalue weighted by Gasteiger charge is -2.05. The van der Waals surface area contributed by atoms with Crippen LogP contribution in [-0.4, -0.2) is 44.6 Å². The Labute approximate surface area is 64.4 Å². The van der Waals surface area contributed by atoms with Crippen molar-refractivity contribution < 1.29 is 18.9 Å². The van der Waals surface area contributed by atoms with Crippen molar-refractivity contribution >= 4 is 11.0 Å². The topological polar surface area (TPSA) is 40.2 Å². The highest BCUT2D eigenvalue weighted by Crippen LogP contribution is 2.37. The molecule has 1 aliphatic heterocycles. The zero-order chi connectivity index (χ0) is 6.91. The SMILES string of the molecule is COC1OC1(OC)OC.[SiH4]. The first-order valence-electron chi connectivity index (χ1n) is 2.60. The second-order valence-electron chi connectivity index (χ2n) is 1.70. The molecular weight excluding hydrogens is 152 g/mol. The van der Waals surface area contributed by atoms with Gasteiger partial charge >= 0.3 is 5.97 Å². The monoisotopic (exact) mass is 166 g/mol. The molecular formula is C5H14O4Si. The third-order valence-electron chi connectivity index (χ3n) is 1.29. The molecule has 0 bridgehead atoms. The third kappa shape index (κ3) is 1.38. The minimum atomic E-state index is -0.922. The van der Waals surface area contributed by atoms with Crippen molar-refractivity contribution in [2.75, 3.05) is 21.3 Å². The molecule has 0 aliphatic carbocycles. The molecule has 0 spiro atoms. The molecule has 4 nitrogen and oxygen atoms in total. The summed E-state index contributed by atoms with van der Waals surface area (Å²) in [5.74, 6) is -0.922. The maximum Gasteiger partial charge on any atom is 0.339 e. The van der Waals surface area contributed by atoms with Gasteiger partial charge in [0, 0.05) is 21.3 Å². The van der Waals surface area contributed by atoms with Gasteiger partial charge in [0.05, 0.1) is 0 Å². The van der Waals surface area contributed by atoms with E-state index in [-0.39, 0.29) is 17.3 Å². The van der Waals surface area contributed by atoms with Crippen LogP contribution in [0, 0.1) is 0 Å². The van der Waals surface area contributed by atoms with Crippen LogP contribution < -0.4 is 0 Å². The number of hydrogen-bond donors (Lipinski definition) is 0. The first-order valence-corrected chi connectivity index (χ1v) is 2.60. The number of epoxide rings is 1. The lowest BCUT2D eigenvalue weighted by molar-refractivity contribution is -0.200. The quantitative estimate of drug-likeness (QED) is 0.290. The van der Waals surface area contributed by atoms with Gasteiger partial charge in [-0.1, -0.05) is 0 Å². The van der Waals surface area contributed by atoms with E-state index in [1.807, 2.05) is 0 Å². The van der Waals surface area contributed by atoms with E-state index < -0.39 is 5.97 Å². The molecule has 1 unspecified atom stereocenters. The highest BCUT2D eigenvalue weighted by atomic mass is 28.1. The van der Waals surface area contributed by atoms with E-state index in [9.17, 15) is 0 Å². The van der Waals surface area contributed by atoms with Gasteiger partial charge in [0.15, 0.2) is 0 Å². The molecule has 0 N–H and O–H groups in total. The van der Waals surface area contributed by atoms with Crippen molar-refractivity contribution in [1.82, 2.24) is 0 Å². The summed E-state index contributed by atoms with van der Waals surface area (Å²) in [5, 5.41) is 0. The van der Waals surface area contributed by atoms with Crippen LogP contribution in [0.5, 0.6) is 0 Å². The minimum absolute atomic E-state index is 0. The van der Waals surface area contributed by atoms with Crippen LogP contribution in [0.4, 0.5) is 0 Å². The van der Waals surface area contributed by atoms with Crippen molar-refractivity contribution in [2.24, 2.45) is 0 Å². The fourth-order valence-corrected chi connectivity index (χ4v) is 0.680. The smallest absolute Gasteiger partial charge is 0.339 e. The Morgan fingerprint density at radius 1 is 1.20 bits per heavy atom. The van der Waals surface area contributed by atoms with Crippen molar-refractivity contribution in [3.63, 3.8) is 0 Å². The van der Waals surface area contributed by atoms with Gasteiger partial charge in [-0.2, -0.15) is 0 Å². The van der Waals surface area contributed by atoms with Gasteiger partial charge in [-0.05, 0) is 11.0 Å². The molecule has 10 heavy (non-hydrogen) atoms. The molecule has 1 fully saturated rings. The van der Waals surface area contributed by atoms with E-state index in [0.29, 0.717) is 0 Å². The minimum Gasteiger partial charge on any atom is -0.349 e. The molecule has 0 amide bonds. The normalized spacial score (nSPS) is 27.3. The fraction of sp³-hybridized carbons (Fsp3) is 1.00. The fourth-order valence-electron chi connectivity index (χ4n) is 0.680. The average molecular weight is 166 g/mol. The average Bonchev–Trinajstić information content (AvgIpc) is 2.63. The summed E-state index contributed by atoms with van der Waals surface area (Å²) in [5.41, 5.74) is 0. The van der Waals surface area contributed by atoms with Gasteiger partial charge in [-0.25, -0.2) is 0 Å². The zero-order valence-electron chi connectivity index (χ0n) is 5.71. The molecule has 1 atom stereocenters. The number of rotatable bonds is 3. The highest BCUT2D eigenvalue weighted by Gasteiger charge is 2.60. The van der Waals surface area contributed by atoms with Crippen LogP contribution >= 0.6 is 0 Å². The highest BCUT2D eigenvalue weighted by molar-refractivity contribution is 5.75. The number of methoxy groups -OCH3 is 3. The Kier molecular flexibility index (Phi) is 3.47. The van der Waals surface area contributed by atoms with E-state index in [1.165, 1.54) is 21.3 Å². The summed E-state index contributed by atoms with van der Waals surface area (Å²) in [4.78, 5) is 0. The van der Waals surface area contributed by atoms with Crippen LogP contribution in [0.2, 0.25) is 0 Å². The van der Waals surface area contributed by atoms with E-state index in [2.05, 4.69) is 0 Å². The summed E-state index contributed by atoms with van der Waals surface area (Å²) in [6.07, 6.45) is -0.368. The Morgan fingerprint density at radius 3 is 1.80 bits per heavy atom. The first kappa shape index (κ1) is 10.1. The maximum absolute atomic E-state index is 4.89. The van der Waals surface area contributed by atoms with Gasteiger partial charge in [-0.3, -0.25) is 4.74 Å². The lowest BCUT2D eigenvalue weighted by Crippen LogP contribution is -2.20. The second-order valence-corrected chi connectivity index (χ2v) is 1.70. The van der Waals surface area contributed by atoms with Gasteiger partial charge in [-0.15, -0.1) is 0 Å². The van der Waals surface area contributed by atoms with Gasteiger partial charge in [0.25, 0.3) is 0 Å². The van der Waals surface area contributed by atoms with E-state index in [0.717, 1.165) is 0 Å². The Hall–Kier alpha value is 0.0569. The second kappa shape index (κ2) is 3.45. The van der Waals surface area contributed by atoms with Crippen LogP contribution in [0.1, 0.15) is 0 Å². The van der Waals surface area contributed by atoms with Crippen LogP contribution in [0.25, 0.3) is 0 Å². The summed E-state index contributed by atoms with van der Waals surface area (Å²) in [6, 6.07) is 0. The Bertz CT molecular complexity index is 104. The van der Waals surface area contributed by atoms with Crippen LogP contribution in [0.3, 0.4) is 0 Å². The summed E-state index contributed by atoms with van der Waals surface area (Å²) < 4.78 is 19.3. The molecule has 62 valence electrons. The predicted octanol–water partition coefficient (Wildman–Crippen LogP) is -1.52. The standard InChI is InChI=1S/C5H10O4.H4Si/c1-6-4-5(7-2,8-3)9-4;/h4H,1-3H3;1H4. The third-order valence-corrected chi connectivity index (χ3v) is 1.29. The molecule has 0 saturated carbocycles. The first-order chi connectivity index (χ1) is 4.29. The van der Waals surface area contributed by atoms with E-state index in [4.69, 9.17) is 18.9 Å². The van der Waals surface area contributed by atoms with Crippen molar-refractivity contribution in [3.05, 3.63) is 0 Å². The molecule has 1 rings (SSSR count). The Balaban J connectivity index is 0.000000810. The van der Waals surface area contributed by atoms with Crippen LogP contribution in [0.15, 0.2) is 0 Å². The van der Waals surface area contributed by atoms with E-state index in [1.54, 1.807) is 0 Å². The van der Waals surface area contributed by atoms with Crippen LogP contribution in [-0.2, 0) is 18.9 Å². The number of hydrogen-bond acceptors (Lipinski definition) is 4. The maximum atomic E-state index is 4.89. The number of ether oxygens (including phenoxy) is 4. The zero-order valence-corrected chi connectivity index (χ0v) is 5.71. The van der Waals surface area contributed by atoms with Crippen molar-refractivity contribution in [2.45, 2.75) is 12.3 Å². The predicted molar refractivity (Wildman–Crippen MR) is 40.0 cm³/mol. The summed E-state index contributed by atoms with van der Waals surface area (Å²) in [6.45, 7) is 0. The Morgan fingerprint density at radius 2 is 1.70 bits per heavy atom. The molecule has 1 saturated heterocycles. The molecule has 5 heteroatoms. The largest absolute Gasteiger partial charge is 0.349 e. The van der Waals surface area contributed by atoms with Crippen molar-refractivity contribution in [3.8, 4) is 0 Å². The summed E-state index contributed by atoms with van der Waals surface area (Å²) >= 11 is 0. The molecule has 1 aliphatic rings. The van der Waals surface area contributed by atoms with Gasteiger partial charge < -0.3 is 14.2 Å². The van der Waals surface area contributed by atoms with Crippen molar-refractivity contribution in [1.29, 1.82) is 0 Å². The van der Waals surface area contributed by atoms with E-state index >= 15 is 0 Å². The van der Waals surface area contributed by atoms with Gasteiger partial charge in [0.1, 0.15) is 0 Å². The summed E-state index contributed by atoms with van der Waals surface area (Å²) in [7, 11) is 4.54. The molecule has 1 heterocycles. The molecule has 0 radical (unpaired) electrons. The molecule has 0 aromatic carbocycles. The molecule has 0 aromatic rings. The lowest BCUT2D eigenvalue weighted by atomic mass is 10.7.